The van der Waals surface area contributed by atoms with Gasteiger partial charge in [-0.05, 0) is 38.0 Å². The third kappa shape index (κ3) is 3.19. The fourth-order valence-corrected chi connectivity index (χ4v) is 2.85. The maximum atomic E-state index is 12.4. The molecule has 114 valence electrons. The van der Waals surface area contributed by atoms with Gasteiger partial charge in [-0.1, -0.05) is 18.5 Å². The molecule has 1 aliphatic heterocycles. The van der Waals surface area contributed by atoms with Gasteiger partial charge in [-0.2, -0.15) is 0 Å². The van der Waals surface area contributed by atoms with Crippen molar-refractivity contribution in [3.63, 3.8) is 0 Å². The van der Waals surface area contributed by atoms with E-state index < -0.39 is 5.97 Å². The molecular weight excluding hydrogens is 294 g/mol. The summed E-state index contributed by atoms with van der Waals surface area (Å²) in [6.45, 7) is 5.76. The molecule has 2 rings (SSSR count). The van der Waals surface area contributed by atoms with Crippen molar-refractivity contribution in [2.45, 2.75) is 33.0 Å². The number of hydrogen-bond acceptors (Lipinski definition) is 3. The largest absolute Gasteiger partial charge is 0.478 e. The zero-order valence-electron chi connectivity index (χ0n) is 12.1. The highest BCUT2D eigenvalue weighted by atomic mass is 35.5. The molecule has 2 N–H and O–H groups in total. The predicted molar refractivity (Wildman–Crippen MR) is 79.7 cm³/mol. The minimum absolute atomic E-state index is 0.0107. The fraction of sp³-hybridized carbons (Fsp3) is 0.467. The maximum absolute atomic E-state index is 12.4. The number of anilines is 1. The van der Waals surface area contributed by atoms with E-state index in [1.807, 2.05) is 20.8 Å². The van der Waals surface area contributed by atoms with E-state index in [2.05, 4.69) is 5.32 Å². The van der Waals surface area contributed by atoms with Crippen molar-refractivity contribution in [1.29, 1.82) is 0 Å². The van der Waals surface area contributed by atoms with Crippen LogP contribution in [0.4, 0.5) is 5.69 Å². The molecule has 1 heterocycles. The topological polar surface area (TPSA) is 75.6 Å². The van der Waals surface area contributed by atoms with Crippen LogP contribution in [0.15, 0.2) is 18.2 Å². The number of carbonyl (C=O) groups is 2. The first-order chi connectivity index (χ1) is 9.81. The van der Waals surface area contributed by atoms with Crippen LogP contribution in [0.1, 0.15) is 31.1 Å². The molecule has 1 fully saturated rings. The van der Waals surface area contributed by atoms with Crippen molar-refractivity contribution in [3.8, 4) is 0 Å². The van der Waals surface area contributed by atoms with Crippen molar-refractivity contribution >= 4 is 29.2 Å². The van der Waals surface area contributed by atoms with Crippen molar-refractivity contribution in [1.82, 2.24) is 0 Å². The standard InChI is InChI=1S/C15H18ClNO4/c1-7-8(2)21-9(3)13(7)14(18)17-12-6-10(15(19)20)4-5-11(12)16/h4-9,13H,1-3H3,(H,17,18)(H,19,20). The summed E-state index contributed by atoms with van der Waals surface area (Å²) in [5.74, 6) is -1.48. The molecule has 5 nitrogen and oxygen atoms in total. The van der Waals surface area contributed by atoms with Gasteiger partial charge in [0.2, 0.25) is 5.91 Å². The van der Waals surface area contributed by atoms with Crippen LogP contribution in [0.2, 0.25) is 5.02 Å². The number of benzene rings is 1. The predicted octanol–water partition coefficient (Wildman–Crippen LogP) is 3.04. The lowest BCUT2D eigenvalue weighted by atomic mass is 9.89. The lowest BCUT2D eigenvalue weighted by Crippen LogP contribution is -2.32. The Morgan fingerprint density at radius 3 is 2.43 bits per heavy atom. The molecule has 4 unspecified atom stereocenters. The Labute approximate surface area is 128 Å². The normalized spacial score (nSPS) is 28.4. The van der Waals surface area contributed by atoms with E-state index in [0.717, 1.165) is 0 Å². The van der Waals surface area contributed by atoms with Gasteiger partial charge in [0.1, 0.15) is 0 Å². The summed E-state index contributed by atoms with van der Waals surface area (Å²) in [7, 11) is 0. The summed E-state index contributed by atoms with van der Waals surface area (Å²) >= 11 is 6.01. The van der Waals surface area contributed by atoms with Crippen LogP contribution in [0.3, 0.4) is 0 Å². The van der Waals surface area contributed by atoms with Gasteiger partial charge < -0.3 is 15.2 Å². The molecule has 1 amide bonds. The Bertz CT molecular complexity index is 575. The van der Waals surface area contributed by atoms with Gasteiger partial charge in [-0.25, -0.2) is 4.79 Å². The van der Waals surface area contributed by atoms with Gasteiger partial charge in [0.05, 0.1) is 34.4 Å². The monoisotopic (exact) mass is 311 g/mol. The third-order valence-electron chi connectivity index (χ3n) is 4.02. The van der Waals surface area contributed by atoms with E-state index in [-0.39, 0.29) is 35.5 Å². The van der Waals surface area contributed by atoms with Crippen LogP contribution < -0.4 is 5.32 Å². The molecule has 0 spiro atoms. The lowest BCUT2D eigenvalue weighted by molar-refractivity contribution is -0.121. The second-order valence-corrected chi connectivity index (χ2v) is 5.83. The molecule has 0 radical (unpaired) electrons. The quantitative estimate of drug-likeness (QED) is 0.899. The van der Waals surface area contributed by atoms with E-state index in [1.54, 1.807) is 0 Å². The number of amides is 1. The zero-order chi connectivity index (χ0) is 15.7. The number of carboxylic acid groups (broad SMARTS) is 1. The van der Waals surface area contributed by atoms with Gasteiger partial charge in [0.25, 0.3) is 0 Å². The highest BCUT2D eigenvalue weighted by molar-refractivity contribution is 6.33. The number of carbonyl (C=O) groups excluding carboxylic acids is 1. The van der Waals surface area contributed by atoms with Crippen molar-refractivity contribution < 1.29 is 19.4 Å². The van der Waals surface area contributed by atoms with Crippen LogP contribution in [0, 0.1) is 11.8 Å². The van der Waals surface area contributed by atoms with Crippen molar-refractivity contribution in [2.24, 2.45) is 11.8 Å². The zero-order valence-corrected chi connectivity index (χ0v) is 12.8. The molecule has 0 bridgehead atoms. The second-order valence-electron chi connectivity index (χ2n) is 5.42. The molecule has 1 saturated heterocycles. The highest BCUT2D eigenvalue weighted by Gasteiger charge is 2.41. The molecule has 4 atom stereocenters. The number of hydrogen-bond donors (Lipinski definition) is 2. The molecule has 1 aromatic rings. The summed E-state index contributed by atoms with van der Waals surface area (Å²) in [6.07, 6.45) is -0.173. The van der Waals surface area contributed by atoms with Gasteiger partial charge in [-0.15, -0.1) is 0 Å². The van der Waals surface area contributed by atoms with Gasteiger partial charge in [0, 0.05) is 0 Å². The number of rotatable bonds is 3. The molecule has 0 saturated carbocycles. The molecule has 6 heteroatoms. The van der Waals surface area contributed by atoms with Crippen molar-refractivity contribution in [2.75, 3.05) is 5.32 Å². The van der Waals surface area contributed by atoms with Crippen LogP contribution in [-0.4, -0.2) is 29.2 Å². The average molecular weight is 312 g/mol. The van der Waals surface area contributed by atoms with Crippen LogP contribution in [0.5, 0.6) is 0 Å². The van der Waals surface area contributed by atoms with Gasteiger partial charge >= 0.3 is 5.97 Å². The van der Waals surface area contributed by atoms with Crippen LogP contribution in [-0.2, 0) is 9.53 Å². The minimum atomic E-state index is -1.07. The van der Waals surface area contributed by atoms with Crippen LogP contribution >= 0.6 is 11.6 Å². The number of ether oxygens (including phenoxy) is 1. The highest BCUT2D eigenvalue weighted by Crippen LogP contribution is 2.33. The number of aromatic carboxylic acids is 1. The molecular formula is C15H18ClNO4. The Kier molecular flexibility index (Phi) is 4.54. The van der Waals surface area contributed by atoms with E-state index in [4.69, 9.17) is 21.4 Å². The van der Waals surface area contributed by atoms with E-state index >= 15 is 0 Å². The molecule has 1 aliphatic rings. The summed E-state index contributed by atoms with van der Waals surface area (Å²) in [6, 6.07) is 4.21. The molecule has 1 aromatic carbocycles. The number of nitrogens with one attached hydrogen (secondary N) is 1. The van der Waals surface area contributed by atoms with Gasteiger partial charge in [-0.3, -0.25) is 4.79 Å². The number of carboxylic acids is 1. The van der Waals surface area contributed by atoms with E-state index in [1.165, 1.54) is 18.2 Å². The first-order valence-corrected chi connectivity index (χ1v) is 7.18. The molecule has 0 aliphatic carbocycles. The van der Waals surface area contributed by atoms with Gasteiger partial charge in [0.15, 0.2) is 0 Å². The summed E-state index contributed by atoms with van der Waals surface area (Å²) < 4.78 is 5.65. The second kappa shape index (κ2) is 6.03. The first-order valence-electron chi connectivity index (χ1n) is 6.80. The van der Waals surface area contributed by atoms with E-state index in [9.17, 15) is 9.59 Å². The van der Waals surface area contributed by atoms with Crippen molar-refractivity contribution in [3.05, 3.63) is 28.8 Å². The SMILES string of the molecule is CC1OC(C)C(C(=O)Nc2cc(C(=O)O)ccc2Cl)C1C. The Morgan fingerprint density at radius 2 is 1.90 bits per heavy atom. The van der Waals surface area contributed by atoms with Crippen LogP contribution in [0.25, 0.3) is 0 Å². The number of halogens is 1. The first kappa shape index (κ1) is 15.8. The summed E-state index contributed by atoms with van der Waals surface area (Å²) in [4.78, 5) is 23.4. The Hall–Kier alpha value is -1.59. The fourth-order valence-electron chi connectivity index (χ4n) is 2.69. The van der Waals surface area contributed by atoms with E-state index in [0.29, 0.717) is 10.7 Å². The minimum Gasteiger partial charge on any atom is -0.478 e. The molecule has 21 heavy (non-hydrogen) atoms. The maximum Gasteiger partial charge on any atom is 0.335 e. The Morgan fingerprint density at radius 1 is 1.24 bits per heavy atom. The average Bonchev–Trinajstić information content (AvgIpc) is 2.65. The molecule has 0 aromatic heterocycles. The smallest absolute Gasteiger partial charge is 0.335 e. The third-order valence-corrected chi connectivity index (χ3v) is 4.35. The summed E-state index contributed by atoms with van der Waals surface area (Å²) in [5, 5.41) is 12.0. The summed E-state index contributed by atoms with van der Waals surface area (Å²) in [5.41, 5.74) is 0.382. The Balaban J connectivity index is 2.20. The lowest BCUT2D eigenvalue weighted by Gasteiger charge is -2.18.